The molecule has 0 saturated carbocycles. The highest BCUT2D eigenvalue weighted by atomic mass is 32.2. The van der Waals surface area contributed by atoms with Crippen LogP contribution in [0.3, 0.4) is 0 Å². The van der Waals surface area contributed by atoms with Crippen LogP contribution in [-0.2, 0) is 0 Å². The van der Waals surface area contributed by atoms with E-state index in [-0.39, 0.29) is 11.9 Å². The molecule has 1 N–H and O–H groups in total. The van der Waals surface area contributed by atoms with Gasteiger partial charge in [0.2, 0.25) is 0 Å². The Labute approximate surface area is 193 Å². The molecule has 1 atom stereocenters. The number of carbonyl (C=O) groups is 1. The summed E-state index contributed by atoms with van der Waals surface area (Å²) in [6.07, 6.45) is 5.87. The molecule has 1 fully saturated rings. The van der Waals surface area contributed by atoms with Crippen LogP contribution in [0.5, 0.6) is 0 Å². The van der Waals surface area contributed by atoms with Crippen molar-refractivity contribution in [2.75, 3.05) is 24.7 Å². The zero-order valence-electron chi connectivity index (χ0n) is 18.5. The minimum atomic E-state index is -0.0433. The second-order valence-electron chi connectivity index (χ2n) is 8.12. The van der Waals surface area contributed by atoms with E-state index in [1.54, 1.807) is 23.1 Å². The molecule has 5 heteroatoms. The van der Waals surface area contributed by atoms with Gasteiger partial charge in [-0.2, -0.15) is 0 Å². The maximum Gasteiger partial charge on any atom is 0.256 e. The van der Waals surface area contributed by atoms with Gasteiger partial charge < -0.3 is 5.32 Å². The van der Waals surface area contributed by atoms with Gasteiger partial charge in [0.1, 0.15) is 5.00 Å². The Kier molecular flexibility index (Phi) is 7.16. The first-order valence-corrected chi connectivity index (χ1v) is 13.0. The van der Waals surface area contributed by atoms with Gasteiger partial charge in [0.15, 0.2) is 0 Å². The first-order chi connectivity index (χ1) is 15.1. The molecule has 0 radical (unpaired) electrons. The Morgan fingerprint density at radius 2 is 1.68 bits per heavy atom. The average Bonchev–Trinajstić information content (AvgIpc) is 3.09. The molecule has 3 nitrogen and oxygen atoms in total. The minimum absolute atomic E-state index is 0.0433. The van der Waals surface area contributed by atoms with Gasteiger partial charge in [-0.25, -0.2) is 0 Å². The van der Waals surface area contributed by atoms with Crippen LogP contribution in [0.1, 0.15) is 57.2 Å². The molecule has 2 heterocycles. The number of likely N-dealkylation sites (tertiary alicyclic amines) is 1. The first-order valence-electron chi connectivity index (χ1n) is 10.9. The lowest BCUT2D eigenvalue weighted by Gasteiger charge is -2.36. The fourth-order valence-corrected chi connectivity index (χ4v) is 5.85. The molecule has 31 heavy (non-hydrogen) atoms. The number of hydrogen-bond donors (Lipinski definition) is 1. The number of thioether (sulfide) groups is 1. The fourth-order valence-electron chi connectivity index (χ4n) is 4.35. The number of piperidine rings is 1. The molecular weight excluding hydrogens is 420 g/mol. The number of rotatable bonds is 6. The van der Waals surface area contributed by atoms with Crippen molar-refractivity contribution < 1.29 is 4.79 Å². The Morgan fingerprint density at radius 1 is 1.00 bits per heavy atom. The van der Waals surface area contributed by atoms with Crippen LogP contribution in [0, 0.1) is 13.8 Å². The molecule has 162 valence electrons. The van der Waals surface area contributed by atoms with Gasteiger partial charge in [0, 0.05) is 20.9 Å². The second kappa shape index (κ2) is 10.0. The number of aryl methyl sites for hydroxylation is 1. The summed E-state index contributed by atoms with van der Waals surface area (Å²) in [7, 11) is 0. The monoisotopic (exact) mass is 450 g/mol. The molecule has 0 bridgehead atoms. The van der Waals surface area contributed by atoms with Crippen molar-refractivity contribution in [3.8, 4) is 0 Å². The first kappa shape index (κ1) is 22.1. The summed E-state index contributed by atoms with van der Waals surface area (Å²) in [6, 6.07) is 18.6. The Balaban J connectivity index is 1.75. The number of anilines is 1. The standard InChI is InChI=1S/C26H30N2OS2/c1-18-19(2)31-26(27-25(29)21-10-6-4-7-11-21)23(18)24(28-16-8-5-9-17-28)20-12-14-22(30-3)15-13-20/h4,6-7,10-15,24H,5,8-9,16-17H2,1-3H3,(H,27,29)/t24-/m0/s1. The maximum absolute atomic E-state index is 13.0. The summed E-state index contributed by atoms with van der Waals surface area (Å²) in [4.78, 5) is 18.1. The summed E-state index contributed by atoms with van der Waals surface area (Å²) in [5.41, 5.74) is 4.54. The van der Waals surface area contributed by atoms with Crippen molar-refractivity contribution in [1.29, 1.82) is 0 Å². The van der Waals surface area contributed by atoms with Gasteiger partial charge in [-0.3, -0.25) is 9.69 Å². The molecule has 3 aromatic rings. The zero-order chi connectivity index (χ0) is 21.8. The fraction of sp³-hybridized carbons (Fsp3) is 0.346. The Hall–Kier alpha value is -2.08. The summed E-state index contributed by atoms with van der Waals surface area (Å²) >= 11 is 3.46. The van der Waals surface area contributed by atoms with Crippen molar-refractivity contribution in [3.63, 3.8) is 0 Å². The molecule has 1 aliphatic heterocycles. The third kappa shape index (κ3) is 4.89. The lowest BCUT2D eigenvalue weighted by molar-refractivity contribution is 0.102. The molecular formula is C26H30N2OS2. The van der Waals surface area contributed by atoms with Crippen LogP contribution < -0.4 is 5.32 Å². The molecule has 4 rings (SSSR count). The van der Waals surface area contributed by atoms with Gasteiger partial charge in [-0.05, 0) is 81.4 Å². The molecule has 1 amide bonds. The second-order valence-corrected chi connectivity index (χ2v) is 10.2. The Bertz CT molecular complexity index is 1020. The normalized spacial score (nSPS) is 15.6. The van der Waals surface area contributed by atoms with E-state index in [4.69, 9.17) is 0 Å². The highest BCUT2D eigenvalue weighted by Crippen LogP contribution is 2.43. The van der Waals surface area contributed by atoms with Crippen LogP contribution in [0.2, 0.25) is 0 Å². The van der Waals surface area contributed by atoms with E-state index in [9.17, 15) is 4.79 Å². The summed E-state index contributed by atoms with van der Waals surface area (Å²) in [5, 5.41) is 4.23. The molecule has 1 saturated heterocycles. The van der Waals surface area contributed by atoms with Gasteiger partial charge >= 0.3 is 0 Å². The predicted octanol–water partition coefficient (Wildman–Crippen LogP) is 6.91. The van der Waals surface area contributed by atoms with Crippen molar-refractivity contribution in [1.82, 2.24) is 4.90 Å². The summed E-state index contributed by atoms with van der Waals surface area (Å²) in [5.74, 6) is -0.0433. The van der Waals surface area contributed by atoms with E-state index in [1.165, 1.54) is 45.7 Å². The molecule has 1 aromatic heterocycles. The molecule has 1 aliphatic rings. The average molecular weight is 451 g/mol. The van der Waals surface area contributed by atoms with Crippen molar-refractivity contribution in [3.05, 3.63) is 81.7 Å². The third-order valence-corrected chi connectivity index (χ3v) is 8.04. The van der Waals surface area contributed by atoms with Gasteiger partial charge in [-0.15, -0.1) is 23.1 Å². The van der Waals surface area contributed by atoms with E-state index in [0.717, 1.165) is 18.1 Å². The van der Waals surface area contributed by atoms with Crippen molar-refractivity contribution in [2.45, 2.75) is 44.0 Å². The molecule has 0 spiro atoms. The third-order valence-electron chi connectivity index (χ3n) is 6.16. The van der Waals surface area contributed by atoms with Crippen LogP contribution in [0.25, 0.3) is 0 Å². The highest BCUT2D eigenvalue weighted by Gasteiger charge is 2.30. The topological polar surface area (TPSA) is 32.3 Å². The van der Waals surface area contributed by atoms with Crippen LogP contribution in [0.15, 0.2) is 59.5 Å². The molecule has 0 aliphatic carbocycles. The smallest absolute Gasteiger partial charge is 0.256 e. The quantitative estimate of drug-likeness (QED) is 0.414. The van der Waals surface area contributed by atoms with E-state index in [2.05, 4.69) is 54.6 Å². The zero-order valence-corrected chi connectivity index (χ0v) is 20.1. The van der Waals surface area contributed by atoms with E-state index in [1.807, 2.05) is 30.3 Å². The summed E-state index contributed by atoms with van der Waals surface area (Å²) < 4.78 is 0. The predicted molar refractivity (Wildman–Crippen MR) is 134 cm³/mol. The number of amides is 1. The van der Waals surface area contributed by atoms with E-state index in [0.29, 0.717) is 5.56 Å². The van der Waals surface area contributed by atoms with E-state index < -0.39 is 0 Å². The van der Waals surface area contributed by atoms with Gasteiger partial charge in [0.25, 0.3) is 5.91 Å². The SMILES string of the molecule is CSc1ccc([C@@H](c2c(NC(=O)c3ccccc3)sc(C)c2C)N2CCCCC2)cc1. The maximum atomic E-state index is 13.0. The lowest BCUT2D eigenvalue weighted by Crippen LogP contribution is -2.35. The number of nitrogens with zero attached hydrogens (tertiary/aromatic N) is 1. The van der Waals surface area contributed by atoms with Crippen LogP contribution in [-0.4, -0.2) is 30.2 Å². The van der Waals surface area contributed by atoms with E-state index >= 15 is 0 Å². The van der Waals surface area contributed by atoms with Gasteiger partial charge in [-0.1, -0.05) is 36.8 Å². The number of carbonyl (C=O) groups excluding carboxylic acids is 1. The van der Waals surface area contributed by atoms with Crippen LogP contribution in [0.4, 0.5) is 5.00 Å². The Morgan fingerprint density at radius 3 is 2.32 bits per heavy atom. The number of nitrogens with one attached hydrogen (secondary N) is 1. The molecule has 2 aromatic carbocycles. The van der Waals surface area contributed by atoms with Crippen LogP contribution >= 0.6 is 23.1 Å². The lowest BCUT2D eigenvalue weighted by atomic mass is 9.93. The minimum Gasteiger partial charge on any atom is -0.313 e. The number of hydrogen-bond acceptors (Lipinski definition) is 4. The largest absolute Gasteiger partial charge is 0.313 e. The number of benzene rings is 2. The number of thiophene rings is 1. The highest BCUT2D eigenvalue weighted by molar-refractivity contribution is 7.98. The summed E-state index contributed by atoms with van der Waals surface area (Å²) in [6.45, 7) is 6.54. The van der Waals surface area contributed by atoms with Crippen molar-refractivity contribution in [2.24, 2.45) is 0 Å². The molecule has 0 unspecified atom stereocenters. The van der Waals surface area contributed by atoms with Gasteiger partial charge in [0.05, 0.1) is 6.04 Å². The van der Waals surface area contributed by atoms with Crippen molar-refractivity contribution >= 4 is 34.0 Å².